The molecule has 6 rings (SSSR count). The van der Waals surface area contributed by atoms with Crippen molar-refractivity contribution < 1.29 is 9.53 Å². The van der Waals surface area contributed by atoms with E-state index in [9.17, 15) is 4.79 Å². The van der Waals surface area contributed by atoms with Gasteiger partial charge in [-0.15, -0.1) is 0 Å². The molecule has 150 valence electrons. The number of amides is 1. The third-order valence-electron chi connectivity index (χ3n) is 7.79. The van der Waals surface area contributed by atoms with Crippen molar-refractivity contribution in [3.05, 3.63) is 65.2 Å². The number of nitrogens with zero attached hydrogens (tertiary/aromatic N) is 1. The van der Waals surface area contributed by atoms with E-state index in [1.54, 1.807) is 0 Å². The predicted molar refractivity (Wildman–Crippen MR) is 113 cm³/mol. The monoisotopic (exact) mass is 388 g/mol. The van der Waals surface area contributed by atoms with E-state index in [1.165, 1.54) is 36.1 Å². The number of carbonyl (C=O) groups excluding carboxylic acids is 1. The molecule has 29 heavy (non-hydrogen) atoms. The first kappa shape index (κ1) is 17.5. The zero-order chi connectivity index (χ0) is 19.4. The van der Waals surface area contributed by atoms with E-state index in [0.717, 1.165) is 17.4 Å². The Labute approximate surface area is 172 Å². The summed E-state index contributed by atoms with van der Waals surface area (Å²) in [4.78, 5) is 15.0. The number of fused-ring (bicyclic) bond motifs is 7. The van der Waals surface area contributed by atoms with Gasteiger partial charge in [0.05, 0.1) is 19.3 Å². The lowest BCUT2D eigenvalue weighted by molar-refractivity contribution is 0.0303. The minimum Gasteiger partial charge on any atom is -0.378 e. The number of ether oxygens (including phenoxy) is 1. The van der Waals surface area contributed by atoms with Crippen LogP contribution in [-0.2, 0) is 4.74 Å². The van der Waals surface area contributed by atoms with Crippen LogP contribution in [-0.4, -0.2) is 37.1 Å². The lowest BCUT2D eigenvalue weighted by atomic mass is 9.68. The lowest BCUT2D eigenvalue weighted by Crippen LogP contribution is -2.41. The fraction of sp³-hybridized carbons (Fsp3) is 0.480. The number of rotatable bonds is 2. The van der Waals surface area contributed by atoms with Crippen LogP contribution in [0.2, 0.25) is 0 Å². The van der Waals surface area contributed by atoms with Crippen LogP contribution in [0.5, 0.6) is 0 Å². The molecule has 1 amide bonds. The number of hydrogen-bond acceptors (Lipinski definition) is 3. The van der Waals surface area contributed by atoms with Crippen molar-refractivity contribution in [2.75, 3.05) is 31.6 Å². The maximum Gasteiger partial charge on any atom is 0.254 e. The van der Waals surface area contributed by atoms with Crippen molar-refractivity contribution in [3.63, 3.8) is 0 Å². The molecule has 3 fully saturated rings. The van der Waals surface area contributed by atoms with Crippen molar-refractivity contribution in [1.82, 2.24) is 4.90 Å². The number of benzene rings is 2. The third kappa shape index (κ3) is 2.80. The van der Waals surface area contributed by atoms with Gasteiger partial charge in [-0.1, -0.05) is 30.3 Å². The number of morpholine rings is 1. The Morgan fingerprint density at radius 1 is 1.00 bits per heavy atom. The van der Waals surface area contributed by atoms with E-state index < -0.39 is 0 Å². The number of hydrogen-bond donors (Lipinski definition) is 1. The molecule has 2 saturated carbocycles. The van der Waals surface area contributed by atoms with Gasteiger partial charge < -0.3 is 15.0 Å². The van der Waals surface area contributed by atoms with Crippen LogP contribution in [0.15, 0.2) is 48.5 Å². The van der Waals surface area contributed by atoms with Gasteiger partial charge in [-0.05, 0) is 72.3 Å². The zero-order valence-corrected chi connectivity index (χ0v) is 16.7. The fourth-order valence-electron chi connectivity index (χ4n) is 6.56. The van der Waals surface area contributed by atoms with Gasteiger partial charge in [0, 0.05) is 24.3 Å². The van der Waals surface area contributed by atoms with Crippen molar-refractivity contribution in [2.45, 2.75) is 31.2 Å². The summed E-state index contributed by atoms with van der Waals surface area (Å²) in [5.74, 6) is 2.94. The molecular weight excluding hydrogens is 360 g/mol. The number of carbonyl (C=O) groups is 1. The largest absolute Gasteiger partial charge is 0.378 e. The lowest BCUT2D eigenvalue weighted by Gasteiger charge is -2.43. The second kappa shape index (κ2) is 6.88. The summed E-state index contributed by atoms with van der Waals surface area (Å²) in [5.41, 5.74) is 4.85. The normalized spacial score (nSPS) is 32.4. The van der Waals surface area contributed by atoms with E-state index in [2.05, 4.69) is 47.8 Å². The van der Waals surface area contributed by atoms with Gasteiger partial charge in [0.15, 0.2) is 0 Å². The Morgan fingerprint density at radius 3 is 2.62 bits per heavy atom. The van der Waals surface area contributed by atoms with E-state index in [4.69, 9.17) is 4.74 Å². The van der Waals surface area contributed by atoms with Crippen LogP contribution in [0.1, 0.15) is 52.7 Å². The van der Waals surface area contributed by atoms with Gasteiger partial charge in [-0.2, -0.15) is 0 Å². The van der Waals surface area contributed by atoms with Crippen LogP contribution in [0.4, 0.5) is 5.69 Å². The average Bonchev–Trinajstić information content (AvgIpc) is 3.42. The minimum atomic E-state index is 0.154. The first-order valence-corrected chi connectivity index (χ1v) is 11.1. The van der Waals surface area contributed by atoms with Crippen molar-refractivity contribution in [2.24, 2.45) is 17.8 Å². The molecule has 0 aromatic heterocycles. The standard InChI is InChI=1S/C25H28N2O2/c28-25(27-10-12-29-13-11-27)19-8-9-21-20(15-19)22-17-6-7-18(14-17)23(22)24(26-21)16-4-2-1-3-5-16/h1-5,8-9,15,17-18,22-24,26H,6-7,10-14H2/t17-,18-,22-,23-,24+/m0/s1. The van der Waals surface area contributed by atoms with Crippen LogP contribution >= 0.6 is 0 Å². The molecule has 0 radical (unpaired) electrons. The highest BCUT2D eigenvalue weighted by Gasteiger charge is 2.53. The van der Waals surface area contributed by atoms with Gasteiger partial charge in [0.1, 0.15) is 0 Å². The highest BCUT2D eigenvalue weighted by molar-refractivity contribution is 5.95. The molecule has 5 atom stereocenters. The Kier molecular flexibility index (Phi) is 4.15. The van der Waals surface area contributed by atoms with E-state index in [1.807, 2.05) is 11.0 Å². The molecular formula is C25H28N2O2. The minimum absolute atomic E-state index is 0.154. The topological polar surface area (TPSA) is 41.6 Å². The summed E-state index contributed by atoms with van der Waals surface area (Å²) in [6.45, 7) is 2.68. The van der Waals surface area contributed by atoms with Crippen molar-refractivity contribution in [3.8, 4) is 0 Å². The fourth-order valence-corrected chi connectivity index (χ4v) is 6.56. The van der Waals surface area contributed by atoms with Gasteiger partial charge in [0.25, 0.3) is 5.91 Å². The maximum absolute atomic E-state index is 13.1. The van der Waals surface area contributed by atoms with Gasteiger partial charge >= 0.3 is 0 Å². The molecule has 4 heteroatoms. The van der Waals surface area contributed by atoms with Crippen LogP contribution < -0.4 is 5.32 Å². The third-order valence-corrected chi connectivity index (χ3v) is 7.79. The average molecular weight is 389 g/mol. The van der Waals surface area contributed by atoms with Gasteiger partial charge in [-0.3, -0.25) is 4.79 Å². The van der Waals surface area contributed by atoms with Crippen LogP contribution in [0, 0.1) is 17.8 Å². The summed E-state index contributed by atoms with van der Waals surface area (Å²) in [5, 5.41) is 3.87. The highest BCUT2D eigenvalue weighted by atomic mass is 16.5. The molecule has 4 aliphatic rings. The molecule has 1 saturated heterocycles. The summed E-state index contributed by atoms with van der Waals surface area (Å²) >= 11 is 0. The Hall–Kier alpha value is -2.33. The molecule has 0 spiro atoms. The molecule has 1 N–H and O–H groups in total. The van der Waals surface area contributed by atoms with E-state index in [0.29, 0.717) is 44.2 Å². The summed E-state index contributed by atoms with van der Waals surface area (Å²) in [6, 6.07) is 17.7. The van der Waals surface area contributed by atoms with Crippen LogP contribution in [0.3, 0.4) is 0 Å². The zero-order valence-electron chi connectivity index (χ0n) is 16.7. The van der Waals surface area contributed by atoms with E-state index >= 15 is 0 Å². The molecule has 4 nitrogen and oxygen atoms in total. The summed E-state index contributed by atoms with van der Waals surface area (Å²) < 4.78 is 5.42. The van der Waals surface area contributed by atoms with Gasteiger partial charge in [0.2, 0.25) is 0 Å². The quantitative estimate of drug-likeness (QED) is 0.826. The Balaban J connectivity index is 1.38. The second-order valence-electron chi connectivity index (χ2n) is 9.18. The summed E-state index contributed by atoms with van der Waals surface area (Å²) in [6.07, 6.45) is 4.05. The Bertz CT molecular complexity index is 922. The molecule has 2 aliphatic heterocycles. The Morgan fingerprint density at radius 2 is 1.79 bits per heavy atom. The SMILES string of the molecule is O=C(c1ccc2c(c1)[C@@H]1[C@H]3CC[C@@H](C3)[C@@H]1[C@@H](c1ccccc1)N2)N1CCOCC1. The smallest absolute Gasteiger partial charge is 0.254 e. The predicted octanol–water partition coefficient (Wildman–Crippen LogP) is 4.46. The molecule has 2 heterocycles. The van der Waals surface area contributed by atoms with E-state index in [-0.39, 0.29) is 5.91 Å². The van der Waals surface area contributed by atoms with Crippen LogP contribution in [0.25, 0.3) is 0 Å². The molecule has 2 bridgehead atoms. The molecule has 2 aliphatic carbocycles. The summed E-state index contributed by atoms with van der Waals surface area (Å²) in [7, 11) is 0. The molecule has 2 aromatic carbocycles. The van der Waals surface area contributed by atoms with Gasteiger partial charge in [-0.25, -0.2) is 0 Å². The first-order chi connectivity index (χ1) is 14.3. The number of anilines is 1. The second-order valence-corrected chi connectivity index (χ2v) is 9.18. The first-order valence-electron chi connectivity index (χ1n) is 11.1. The molecule has 2 aromatic rings. The van der Waals surface area contributed by atoms with Crippen molar-refractivity contribution >= 4 is 11.6 Å². The number of nitrogens with one attached hydrogen (secondary N) is 1. The van der Waals surface area contributed by atoms with Crippen molar-refractivity contribution in [1.29, 1.82) is 0 Å². The highest BCUT2D eigenvalue weighted by Crippen LogP contribution is 2.63. The molecule has 0 unspecified atom stereocenters. The maximum atomic E-state index is 13.1.